The molecule has 20 heavy (non-hydrogen) atoms. The van der Waals surface area contributed by atoms with Crippen molar-refractivity contribution in [3.8, 4) is 0 Å². The van der Waals surface area contributed by atoms with Crippen LogP contribution in [0.15, 0.2) is 24.3 Å². The highest BCUT2D eigenvalue weighted by Crippen LogP contribution is 2.06. The molecule has 1 aromatic carbocycles. The number of carbonyl (C=O) groups excluding carboxylic acids is 2. The van der Waals surface area contributed by atoms with E-state index in [4.69, 9.17) is 0 Å². The molecule has 0 saturated carbocycles. The molecule has 0 radical (unpaired) electrons. The van der Waals surface area contributed by atoms with E-state index < -0.39 is 17.3 Å². The quantitative estimate of drug-likeness (QED) is 0.838. The molecule has 0 aromatic heterocycles. The number of aliphatic hydroxyl groups is 1. The van der Waals surface area contributed by atoms with E-state index >= 15 is 0 Å². The second-order valence-corrected chi connectivity index (χ2v) is 5.22. The van der Waals surface area contributed by atoms with Gasteiger partial charge in [0.2, 0.25) is 5.91 Å². The molecule has 2 N–H and O–H groups in total. The molecule has 0 fully saturated rings. The molecule has 0 atom stereocenters. The van der Waals surface area contributed by atoms with Gasteiger partial charge in [0, 0.05) is 13.6 Å². The first-order valence-corrected chi connectivity index (χ1v) is 6.20. The molecule has 0 bridgehead atoms. The minimum atomic E-state index is -1.01. The topological polar surface area (TPSA) is 69.6 Å². The zero-order chi connectivity index (χ0) is 15.3. The first-order chi connectivity index (χ1) is 9.20. The average molecular weight is 282 g/mol. The Kier molecular flexibility index (Phi) is 5.21. The van der Waals surface area contributed by atoms with Crippen molar-refractivity contribution in [3.63, 3.8) is 0 Å². The normalized spacial score (nSPS) is 11.1. The van der Waals surface area contributed by atoms with Gasteiger partial charge in [-0.2, -0.15) is 0 Å². The van der Waals surface area contributed by atoms with E-state index in [0.717, 1.165) is 0 Å². The monoisotopic (exact) mass is 282 g/mol. The smallest absolute Gasteiger partial charge is 0.254 e. The molecule has 5 nitrogen and oxygen atoms in total. The molecule has 0 aliphatic rings. The van der Waals surface area contributed by atoms with Crippen LogP contribution in [-0.4, -0.2) is 47.6 Å². The zero-order valence-corrected chi connectivity index (χ0v) is 11.8. The Morgan fingerprint density at radius 2 is 1.95 bits per heavy atom. The van der Waals surface area contributed by atoms with Gasteiger partial charge in [-0.3, -0.25) is 9.59 Å². The third-order valence-electron chi connectivity index (χ3n) is 2.57. The van der Waals surface area contributed by atoms with Crippen LogP contribution >= 0.6 is 0 Å². The standard InChI is InChI=1S/C14H19FN2O3/c1-14(2,20)9-17(3)12(18)8-16-13(19)10-6-4-5-7-11(10)15/h4-7,20H,8-9H2,1-3H3,(H,16,19). The number of hydrogen-bond donors (Lipinski definition) is 2. The molecule has 110 valence electrons. The lowest BCUT2D eigenvalue weighted by atomic mass is 10.1. The van der Waals surface area contributed by atoms with Crippen molar-refractivity contribution in [3.05, 3.63) is 35.6 Å². The molecule has 0 heterocycles. The summed E-state index contributed by atoms with van der Waals surface area (Å²) in [6, 6.07) is 5.54. The van der Waals surface area contributed by atoms with E-state index in [1.165, 1.54) is 30.1 Å². The summed E-state index contributed by atoms with van der Waals surface area (Å²) in [7, 11) is 1.52. The lowest BCUT2D eigenvalue weighted by molar-refractivity contribution is -0.131. The fraction of sp³-hybridized carbons (Fsp3) is 0.429. The average Bonchev–Trinajstić information content (AvgIpc) is 2.34. The van der Waals surface area contributed by atoms with Crippen molar-refractivity contribution >= 4 is 11.8 Å². The largest absolute Gasteiger partial charge is 0.389 e. The Hall–Kier alpha value is -1.95. The van der Waals surface area contributed by atoms with E-state index in [1.807, 2.05) is 0 Å². The summed E-state index contributed by atoms with van der Waals surface area (Å²) in [6.07, 6.45) is 0. The maximum absolute atomic E-state index is 13.4. The number of nitrogens with zero attached hydrogens (tertiary/aromatic N) is 1. The Balaban J connectivity index is 2.53. The maximum atomic E-state index is 13.4. The summed E-state index contributed by atoms with van der Waals surface area (Å²) in [5, 5.41) is 12.0. The summed E-state index contributed by atoms with van der Waals surface area (Å²) in [6.45, 7) is 3.05. The van der Waals surface area contributed by atoms with Crippen LogP contribution in [0.25, 0.3) is 0 Å². The van der Waals surface area contributed by atoms with Gasteiger partial charge < -0.3 is 15.3 Å². The summed E-state index contributed by atoms with van der Waals surface area (Å²) >= 11 is 0. The van der Waals surface area contributed by atoms with Crippen molar-refractivity contribution in [2.24, 2.45) is 0 Å². The highest BCUT2D eigenvalue weighted by atomic mass is 19.1. The number of benzene rings is 1. The molecule has 6 heteroatoms. The first-order valence-electron chi connectivity index (χ1n) is 6.20. The Morgan fingerprint density at radius 3 is 2.50 bits per heavy atom. The van der Waals surface area contributed by atoms with Crippen LogP contribution in [0.1, 0.15) is 24.2 Å². The second kappa shape index (κ2) is 6.47. The van der Waals surface area contributed by atoms with E-state index in [-0.39, 0.29) is 24.6 Å². The SMILES string of the molecule is CN(CC(C)(C)O)C(=O)CNC(=O)c1ccccc1F. The predicted octanol–water partition coefficient (Wildman–Crippen LogP) is 0.785. The van der Waals surface area contributed by atoms with Gasteiger partial charge in [0.1, 0.15) is 5.82 Å². The molecule has 1 aromatic rings. The van der Waals surface area contributed by atoms with Crippen molar-refractivity contribution < 1.29 is 19.1 Å². The molecule has 2 amide bonds. The number of nitrogens with one attached hydrogen (secondary N) is 1. The Labute approximate surface area is 117 Å². The van der Waals surface area contributed by atoms with Crippen LogP contribution in [-0.2, 0) is 4.79 Å². The van der Waals surface area contributed by atoms with Crippen LogP contribution in [0, 0.1) is 5.82 Å². The van der Waals surface area contributed by atoms with Crippen LogP contribution < -0.4 is 5.32 Å². The van der Waals surface area contributed by atoms with Crippen LogP contribution in [0.5, 0.6) is 0 Å². The summed E-state index contributed by atoms with van der Waals surface area (Å²) in [5.41, 5.74) is -1.12. The van der Waals surface area contributed by atoms with Crippen LogP contribution in [0.4, 0.5) is 4.39 Å². The lowest BCUT2D eigenvalue weighted by Gasteiger charge is -2.25. The number of halogens is 1. The molecule has 0 unspecified atom stereocenters. The van der Waals surface area contributed by atoms with Crippen molar-refractivity contribution in [1.29, 1.82) is 0 Å². The second-order valence-electron chi connectivity index (χ2n) is 5.22. The first kappa shape index (κ1) is 16.1. The van der Waals surface area contributed by atoms with Gasteiger partial charge in [-0.15, -0.1) is 0 Å². The Morgan fingerprint density at radius 1 is 1.35 bits per heavy atom. The summed E-state index contributed by atoms with van der Waals surface area (Å²) in [5.74, 6) is -1.65. The van der Waals surface area contributed by atoms with Gasteiger partial charge in [0.05, 0.1) is 17.7 Å². The lowest BCUT2D eigenvalue weighted by Crippen LogP contribution is -2.44. The summed E-state index contributed by atoms with van der Waals surface area (Å²) in [4.78, 5) is 24.8. The minimum Gasteiger partial charge on any atom is -0.389 e. The van der Waals surface area contributed by atoms with Crippen LogP contribution in [0.2, 0.25) is 0 Å². The molecule has 0 spiro atoms. The third kappa shape index (κ3) is 4.97. The molecular weight excluding hydrogens is 263 g/mol. The van der Waals surface area contributed by atoms with Gasteiger partial charge >= 0.3 is 0 Å². The highest BCUT2D eigenvalue weighted by molar-refractivity contribution is 5.96. The fourth-order valence-corrected chi connectivity index (χ4v) is 1.70. The van der Waals surface area contributed by atoms with E-state index in [0.29, 0.717) is 0 Å². The van der Waals surface area contributed by atoms with Crippen molar-refractivity contribution in [2.45, 2.75) is 19.4 Å². The third-order valence-corrected chi connectivity index (χ3v) is 2.57. The minimum absolute atomic E-state index is 0.106. The van der Waals surface area contributed by atoms with Gasteiger partial charge in [0.25, 0.3) is 5.91 Å². The van der Waals surface area contributed by atoms with Crippen molar-refractivity contribution in [1.82, 2.24) is 10.2 Å². The number of likely N-dealkylation sites (N-methyl/N-ethyl adjacent to an activating group) is 1. The Bertz CT molecular complexity index is 497. The van der Waals surface area contributed by atoms with E-state index in [1.54, 1.807) is 19.9 Å². The van der Waals surface area contributed by atoms with E-state index in [2.05, 4.69) is 5.32 Å². The summed E-state index contributed by atoms with van der Waals surface area (Å²) < 4.78 is 13.4. The predicted molar refractivity (Wildman–Crippen MR) is 72.7 cm³/mol. The molecule has 0 aliphatic heterocycles. The van der Waals surface area contributed by atoms with E-state index in [9.17, 15) is 19.1 Å². The zero-order valence-electron chi connectivity index (χ0n) is 11.8. The van der Waals surface area contributed by atoms with Gasteiger partial charge in [-0.25, -0.2) is 4.39 Å². The maximum Gasteiger partial charge on any atom is 0.254 e. The number of rotatable bonds is 5. The highest BCUT2D eigenvalue weighted by Gasteiger charge is 2.20. The van der Waals surface area contributed by atoms with Gasteiger partial charge in [0.15, 0.2) is 0 Å². The van der Waals surface area contributed by atoms with Crippen molar-refractivity contribution in [2.75, 3.05) is 20.1 Å². The molecule has 0 saturated heterocycles. The molecule has 0 aliphatic carbocycles. The van der Waals surface area contributed by atoms with Gasteiger partial charge in [-0.05, 0) is 26.0 Å². The van der Waals surface area contributed by atoms with Gasteiger partial charge in [-0.1, -0.05) is 12.1 Å². The number of hydrogen-bond acceptors (Lipinski definition) is 3. The molecule has 1 rings (SSSR count). The molecular formula is C14H19FN2O3. The number of amides is 2. The number of carbonyl (C=O) groups is 2. The van der Waals surface area contributed by atoms with Crippen LogP contribution in [0.3, 0.4) is 0 Å². The fourth-order valence-electron chi connectivity index (χ4n) is 1.70.